The van der Waals surface area contributed by atoms with E-state index in [0.717, 1.165) is 5.56 Å². The lowest BCUT2D eigenvalue weighted by molar-refractivity contribution is -0.157. The van der Waals surface area contributed by atoms with Crippen molar-refractivity contribution in [2.24, 2.45) is 0 Å². The number of carbonyl (C=O) groups is 2. The summed E-state index contributed by atoms with van der Waals surface area (Å²) in [6.45, 7) is 5.25. The lowest BCUT2D eigenvalue weighted by Crippen LogP contribution is -2.25. The van der Waals surface area contributed by atoms with Crippen molar-refractivity contribution in [1.29, 1.82) is 0 Å². The van der Waals surface area contributed by atoms with Crippen LogP contribution in [0, 0.1) is 0 Å². The van der Waals surface area contributed by atoms with Gasteiger partial charge < -0.3 is 4.74 Å². The van der Waals surface area contributed by atoms with E-state index in [4.69, 9.17) is 4.74 Å². The zero-order chi connectivity index (χ0) is 16.1. The topological polar surface area (TPSA) is 43.4 Å². The Kier molecular flexibility index (Phi) is 5.76. The number of Topliss-reactive ketones (excluding diaryl/α,β-unsaturated/α-hetero) is 1. The molecule has 120 valence electrons. The summed E-state index contributed by atoms with van der Waals surface area (Å²) in [5, 5.41) is 0. The summed E-state index contributed by atoms with van der Waals surface area (Å²) in [6.07, 6.45) is 6.21. The second-order valence-corrected chi connectivity index (χ2v) is 6.54. The third-order valence-corrected chi connectivity index (χ3v) is 4.45. The molecule has 1 atom stereocenters. The van der Waals surface area contributed by atoms with E-state index in [1.807, 2.05) is 12.1 Å². The zero-order valence-corrected chi connectivity index (χ0v) is 13.8. The van der Waals surface area contributed by atoms with E-state index in [2.05, 4.69) is 12.1 Å². The molecule has 0 radical (unpaired) electrons. The monoisotopic (exact) mass is 302 g/mol. The van der Waals surface area contributed by atoms with Crippen molar-refractivity contribution in [3.8, 4) is 0 Å². The molecule has 3 nitrogen and oxygen atoms in total. The van der Waals surface area contributed by atoms with E-state index in [1.54, 1.807) is 20.8 Å². The fourth-order valence-electron chi connectivity index (χ4n) is 3.09. The van der Waals surface area contributed by atoms with Gasteiger partial charge in [-0.25, -0.2) is 4.79 Å². The minimum atomic E-state index is -0.737. The minimum Gasteiger partial charge on any atom is -0.457 e. The van der Waals surface area contributed by atoms with E-state index in [0.29, 0.717) is 5.92 Å². The minimum absolute atomic E-state index is 0.266. The summed E-state index contributed by atoms with van der Waals surface area (Å²) in [5.41, 5.74) is 2.23. The van der Waals surface area contributed by atoms with Crippen LogP contribution in [0.2, 0.25) is 0 Å². The molecule has 0 heterocycles. The quantitative estimate of drug-likeness (QED) is 0.599. The van der Waals surface area contributed by atoms with E-state index in [1.165, 1.54) is 37.7 Å². The Morgan fingerprint density at radius 1 is 1.00 bits per heavy atom. The summed E-state index contributed by atoms with van der Waals surface area (Å²) < 4.78 is 4.99. The average Bonchev–Trinajstić information content (AvgIpc) is 2.54. The fourth-order valence-corrected chi connectivity index (χ4v) is 3.09. The Morgan fingerprint density at radius 2 is 1.59 bits per heavy atom. The van der Waals surface area contributed by atoms with E-state index < -0.39 is 17.7 Å². The van der Waals surface area contributed by atoms with Crippen LogP contribution in [0.1, 0.15) is 75.8 Å². The number of carbonyl (C=O) groups excluding carboxylic acids is 2. The van der Waals surface area contributed by atoms with E-state index in [9.17, 15) is 9.59 Å². The molecule has 1 aromatic carbocycles. The Hall–Kier alpha value is -1.64. The second kappa shape index (κ2) is 7.57. The maximum Gasteiger partial charge on any atom is 0.375 e. The molecule has 22 heavy (non-hydrogen) atoms. The molecular formula is C19H26O3. The first-order valence-electron chi connectivity index (χ1n) is 8.33. The maximum absolute atomic E-state index is 12.1. The number of esters is 1. The molecule has 0 amide bonds. The number of ketones is 1. The molecule has 2 rings (SSSR count). The Balaban J connectivity index is 2.02. The van der Waals surface area contributed by atoms with Gasteiger partial charge in [0.05, 0.1) is 12.0 Å². The van der Waals surface area contributed by atoms with Gasteiger partial charge in [-0.2, -0.15) is 0 Å². The highest BCUT2D eigenvalue weighted by Crippen LogP contribution is 2.33. The zero-order valence-electron chi connectivity index (χ0n) is 13.8. The predicted molar refractivity (Wildman–Crippen MR) is 86.9 cm³/mol. The van der Waals surface area contributed by atoms with Crippen LogP contribution in [0.3, 0.4) is 0 Å². The number of benzene rings is 1. The van der Waals surface area contributed by atoms with Crippen molar-refractivity contribution < 1.29 is 14.3 Å². The van der Waals surface area contributed by atoms with Crippen molar-refractivity contribution in [2.45, 2.75) is 70.8 Å². The maximum atomic E-state index is 12.1. The third-order valence-electron chi connectivity index (χ3n) is 4.45. The van der Waals surface area contributed by atoms with Gasteiger partial charge in [0.1, 0.15) is 0 Å². The van der Waals surface area contributed by atoms with Crippen LogP contribution in [-0.4, -0.2) is 17.9 Å². The molecule has 3 heteroatoms. The number of hydrogen-bond acceptors (Lipinski definition) is 3. The highest BCUT2D eigenvalue weighted by atomic mass is 16.5. The lowest BCUT2D eigenvalue weighted by Gasteiger charge is -2.22. The van der Waals surface area contributed by atoms with Crippen molar-refractivity contribution in [1.82, 2.24) is 0 Å². The fraction of sp³-hybridized carbons (Fsp3) is 0.579. The summed E-state index contributed by atoms with van der Waals surface area (Å²) >= 11 is 0. The largest absolute Gasteiger partial charge is 0.457 e. The van der Waals surface area contributed by atoms with Crippen LogP contribution in [0.5, 0.6) is 0 Å². The Labute approximate surface area is 133 Å². The van der Waals surface area contributed by atoms with Gasteiger partial charge >= 0.3 is 5.97 Å². The number of ether oxygens (including phenoxy) is 1. The molecule has 1 fully saturated rings. The number of hydrogen-bond donors (Lipinski definition) is 0. The Bertz CT molecular complexity index is 510. The van der Waals surface area contributed by atoms with Gasteiger partial charge in [-0.3, -0.25) is 4.79 Å². The van der Waals surface area contributed by atoms with Crippen molar-refractivity contribution in [2.75, 3.05) is 0 Å². The smallest absolute Gasteiger partial charge is 0.375 e. The van der Waals surface area contributed by atoms with Gasteiger partial charge in [-0.1, -0.05) is 50.5 Å². The molecule has 0 N–H and O–H groups in total. The van der Waals surface area contributed by atoms with Gasteiger partial charge in [-0.15, -0.1) is 0 Å². The van der Waals surface area contributed by atoms with Gasteiger partial charge in [0.2, 0.25) is 5.78 Å². The first kappa shape index (κ1) is 16.7. The lowest BCUT2D eigenvalue weighted by atomic mass is 9.83. The van der Waals surface area contributed by atoms with Crippen LogP contribution < -0.4 is 0 Å². The molecule has 1 unspecified atom stereocenters. The first-order valence-corrected chi connectivity index (χ1v) is 8.33. The summed E-state index contributed by atoms with van der Waals surface area (Å²) in [5.74, 6) is -1.01. The summed E-state index contributed by atoms with van der Waals surface area (Å²) in [7, 11) is 0. The van der Waals surface area contributed by atoms with Crippen molar-refractivity contribution in [3.05, 3.63) is 35.4 Å². The van der Waals surface area contributed by atoms with E-state index >= 15 is 0 Å². The molecule has 0 aliphatic heterocycles. The SMILES string of the molecule is CC(C)OC(=O)C(=O)C(C)c1ccc(C2CCCCC2)cc1. The summed E-state index contributed by atoms with van der Waals surface area (Å²) in [4.78, 5) is 23.8. The van der Waals surface area contributed by atoms with Crippen LogP contribution in [0.4, 0.5) is 0 Å². The molecule has 0 saturated heterocycles. The summed E-state index contributed by atoms with van der Waals surface area (Å²) in [6, 6.07) is 8.19. The third kappa shape index (κ3) is 4.19. The van der Waals surface area contributed by atoms with Crippen molar-refractivity contribution in [3.63, 3.8) is 0 Å². The number of rotatable bonds is 5. The molecular weight excluding hydrogens is 276 g/mol. The molecule has 1 aromatic rings. The second-order valence-electron chi connectivity index (χ2n) is 6.54. The predicted octanol–water partition coefficient (Wildman–Crippen LogP) is 4.36. The Morgan fingerprint density at radius 3 is 2.14 bits per heavy atom. The van der Waals surface area contributed by atoms with Gasteiger partial charge in [0.15, 0.2) is 0 Å². The van der Waals surface area contributed by atoms with Crippen LogP contribution in [-0.2, 0) is 14.3 Å². The van der Waals surface area contributed by atoms with Gasteiger partial charge in [0, 0.05) is 0 Å². The molecule has 0 bridgehead atoms. The molecule has 1 aliphatic rings. The average molecular weight is 302 g/mol. The van der Waals surface area contributed by atoms with E-state index in [-0.39, 0.29) is 6.10 Å². The van der Waals surface area contributed by atoms with Crippen LogP contribution in [0.25, 0.3) is 0 Å². The first-order chi connectivity index (χ1) is 10.5. The highest BCUT2D eigenvalue weighted by molar-refractivity contribution is 6.35. The molecule has 1 aliphatic carbocycles. The molecule has 0 aromatic heterocycles. The van der Waals surface area contributed by atoms with Crippen LogP contribution in [0.15, 0.2) is 24.3 Å². The standard InChI is InChI=1S/C19H26O3/c1-13(2)22-19(21)18(20)14(3)15-9-11-17(12-10-15)16-7-5-4-6-8-16/h9-14,16H,4-8H2,1-3H3. The van der Waals surface area contributed by atoms with Gasteiger partial charge in [-0.05, 0) is 43.7 Å². The van der Waals surface area contributed by atoms with Crippen molar-refractivity contribution >= 4 is 11.8 Å². The highest BCUT2D eigenvalue weighted by Gasteiger charge is 2.25. The van der Waals surface area contributed by atoms with Gasteiger partial charge in [0.25, 0.3) is 0 Å². The van der Waals surface area contributed by atoms with Crippen LogP contribution >= 0.6 is 0 Å². The molecule has 1 saturated carbocycles. The molecule has 0 spiro atoms. The normalized spacial score (nSPS) is 17.3.